The lowest BCUT2D eigenvalue weighted by atomic mass is 10.1. The van der Waals surface area contributed by atoms with Gasteiger partial charge in [0.15, 0.2) is 0 Å². The van der Waals surface area contributed by atoms with Crippen LogP contribution >= 0.6 is 0 Å². The molecule has 3 aromatic carbocycles. The minimum absolute atomic E-state index is 0.285. The average molecular weight is 378 g/mol. The van der Waals surface area contributed by atoms with Crippen LogP contribution < -0.4 is 15.4 Å². The first-order valence-corrected chi connectivity index (χ1v) is 8.63. The summed E-state index contributed by atoms with van der Waals surface area (Å²) in [5.41, 5.74) is 2.11. The molecule has 0 aliphatic carbocycles. The van der Waals surface area contributed by atoms with Gasteiger partial charge in [0.25, 0.3) is 11.8 Å². The molecule has 5 nitrogen and oxygen atoms in total. The Bertz CT molecular complexity index is 970. The zero-order valence-electron chi connectivity index (χ0n) is 15.2. The lowest BCUT2D eigenvalue weighted by Crippen LogP contribution is -2.23. The van der Waals surface area contributed by atoms with Gasteiger partial charge in [-0.25, -0.2) is 4.39 Å². The van der Waals surface area contributed by atoms with E-state index in [2.05, 4.69) is 10.6 Å². The maximum atomic E-state index is 13.0. The predicted octanol–water partition coefficient (Wildman–Crippen LogP) is 4.02. The third-order valence-corrected chi connectivity index (χ3v) is 4.10. The number of methoxy groups -OCH3 is 1. The number of carbonyl (C=O) groups excluding carboxylic acids is 2. The first-order chi connectivity index (χ1) is 13.5. The maximum Gasteiger partial charge on any atom is 0.255 e. The number of hydrogen-bond acceptors (Lipinski definition) is 3. The second-order valence-electron chi connectivity index (χ2n) is 6.07. The van der Waals surface area contributed by atoms with Gasteiger partial charge in [-0.15, -0.1) is 0 Å². The smallest absolute Gasteiger partial charge is 0.255 e. The van der Waals surface area contributed by atoms with E-state index in [0.717, 1.165) is 11.3 Å². The van der Waals surface area contributed by atoms with E-state index in [1.165, 1.54) is 30.3 Å². The molecule has 0 unspecified atom stereocenters. The number of amides is 2. The molecule has 0 bridgehead atoms. The van der Waals surface area contributed by atoms with Crippen molar-refractivity contribution >= 4 is 17.5 Å². The van der Waals surface area contributed by atoms with Crippen LogP contribution in [0.25, 0.3) is 0 Å². The molecule has 2 N–H and O–H groups in total. The number of ether oxygens (including phenoxy) is 1. The summed E-state index contributed by atoms with van der Waals surface area (Å²) in [5, 5.41) is 5.49. The summed E-state index contributed by atoms with van der Waals surface area (Å²) < 4.78 is 18.1. The van der Waals surface area contributed by atoms with Gasteiger partial charge in [0.05, 0.1) is 7.11 Å². The summed E-state index contributed by atoms with van der Waals surface area (Å²) in [6.45, 7) is 0.356. The first kappa shape index (κ1) is 19.1. The molecular formula is C22H19FN2O3. The van der Waals surface area contributed by atoms with Gasteiger partial charge in [0.1, 0.15) is 11.6 Å². The van der Waals surface area contributed by atoms with Crippen molar-refractivity contribution in [2.24, 2.45) is 0 Å². The number of halogens is 1. The Morgan fingerprint density at radius 1 is 0.893 bits per heavy atom. The van der Waals surface area contributed by atoms with Gasteiger partial charge in [-0.1, -0.05) is 18.2 Å². The third kappa shape index (κ3) is 4.94. The highest BCUT2D eigenvalue weighted by atomic mass is 19.1. The standard InChI is InChI=1S/C22H19FN2O3/c1-28-20-11-5-15(6-12-20)14-24-21(26)16-3-2-4-17(13-16)22(27)25-19-9-7-18(23)8-10-19/h2-13H,14H2,1H3,(H,24,26)(H,25,27). The molecule has 6 heteroatoms. The summed E-state index contributed by atoms with van der Waals surface area (Å²) in [7, 11) is 1.59. The summed E-state index contributed by atoms with van der Waals surface area (Å²) >= 11 is 0. The monoisotopic (exact) mass is 378 g/mol. The number of carbonyl (C=O) groups is 2. The first-order valence-electron chi connectivity index (χ1n) is 8.63. The maximum absolute atomic E-state index is 13.0. The van der Waals surface area contributed by atoms with E-state index in [9.17, 15) is 14.0 Å². The zero-order valence-corrected chi connectivity index (χ0v) is 15.2. The van der Waals surface area contributed by atoms with Crippen molar-refractivity contribution < 1.29 is 18.7 Å². The minimum Gasteiger partial charge on any atom is -0.497 e. The molecule has 0 atom stereocenters. The van der Waals surface area contributed by atoms with Crippen LogP contribution in [0.5, 0.6) is 5.75 Å². The predicted molar refractivity (Wildman–Crippen MR) is 105 cm³/mol. The van der Waals surface area contributed by atoms with E-state index in [4.69, 9.17) is 4.74 Å². The molecule has 0 aliphatic rings. The van der Waals surface area contributed by atoms with Crippen molar-refractivity contribution in [2.75, 3.05) is 12.4 Å². The quantitative estimate of drug-likeness (QED) is 0.681. The van der Waals surface area contributed by atoms with E-state index in [1.54, 1.807) is 25.3 Å². The van der Waals surface area contributed by atoms with Crippen molar-refractivity contribution in [3.05, 3.63) is 95.3 Å². The third-order valence-electron chi connectivity index (χ3n) is 4.10. The fourth-order valence-corrected chi connectivity index (χ4v) is 2.57. The fraction of sp³-hybridized carbons (Fsp3) is 0.0909. The largest absolute Gasteiger partial charge is 0.497 e. The minimum atomic E-state index is -0.381. The van der Waals surface area contributed by atoms with Crippen molar-refractivity contribution in [3.63, 3.8) is 0 Å². The van der Waals surface area contributed by atoms with Crippen LogP contribution in [-0.4, -0.2) is 18.9 Å². The topological polar surface area (TPSA) is 67.4 Å². The highest BCUT2D eigenvalue weighted by Crippen LogP contribution is 2.13. The van der Waals surface area contributed by atoms with Crippen LogP contribution in [0.1, 0.15) is 26.3 Å². The molecule has 28 heavy (non-hydrogen) atoms. The Morgan fingerprint density at radius 2 is 1.54 bits per heavy atom. The number of nitrogens with one attached hydrogen (secondary N) is 2. The summed E-state index contributed by atoms with van der Waals surface area (Å²) in [6.07, 6.45) is 0. The average Bonchev–Trinajstić information content (AvgIpc) is 2.74. The Morgan fingerprint density at radius 3 is 2.18 bits per heavy atom. The fourth-order valence-electron chi connectivity index (χ4n) is 2.57. The highest BCUT2D eigenvalue weighted by Gasteiger charge is 2.11. The molecule has 0 aromatic heterocycles. The van der Waals surface area contributed by atoms with Crippen LogP contribution in [0, 0.1) is 5.82 Å². The van der Waals surface area contributed by atoms with Crippen LogP contribution in [0.15, 0.2) is 72.8 Å². The van der Waals surface area contributed by atoms with Gasteiger partial charge in [0.2, 0.25) is 0 Å². The van der Waals surface area contributed by atoms with E-state index in [0.29, 0.717) is 23.4 Å². The second-order valence-corrected chi connectivity index (χ2v) is 6.07. The highest BCUT2D eigenvalue weighted by molar-refractivity contribution is 6.06. The molecule has 3 aromatic rings. The molecular weight excluding hydrogens is 359 g/mol. The summed E-state index contributed by atoms with van der Waals surface area (Å²) in [6, 6.07) is 19.2. The number of benzene rings is 3. The number of anilines is 1. The molecule has 0 fully saturated rings. The molecule has 3 rings (SSSR count). The Hall–Kier alpha value is -3.67. The molecule has 0 radical (unpaired) electrons. The molecule has 0 spiro atoms. The van der Waals surface area contributed by atoms with Gasteiger partial charge < -0.3 is 15.4 Å². The van der Waals surface area contributed by atoms with Crippen LogP contribution in [0.2, 0.25) is 0 Å². The zero-order chi connectivity index (χ0) is 19.9. The lowest BCUT2D eigenvalue weighted by Gasteiger charge is -2.09. The van der Waals surface area contributed by atoms with Gasteiger partial charge >= 0.3 is 0 Å². The Labute approximate surface area is 162 Å². The van der Waals surface area contributed by atoms with Gasteiger partial charge in [-0.2, -0.15) is 0 Å². The van der Waals surface area contributed by atoms with Crippen LogP contribution in [0.3, 0.4) is 0 Å². The normalized spacial score (nSPS) is 10.2. The van der Waals surface area contributed by atoms with Gasteiger partial charge in [-0.05, 0) is 60.2 Å². The Balaban J connectivity index is 1.63. The molecule has 0 saturated carbocycles. The molecule has 0 heterocycles. The van der Waals surface area contributed by atoms with E-state index < -0.39 is 0 Å². The van der Waals surface area contributed by atoms with Crippen LogP contribution in [0.4, 0.5) is 10.1 Å². The van der Waals surface area contributed by atoms with Gasteiger partial charge in [-0.3, -0.25) is 9.59 Å². The molecule has 0 aliphatic heterocycles. The molecule has 2 amide bonds. The lowest BCUT2D eigenvalue weighted by molar-refractivity contribution is 0.0951. The Kier molecular flexibility index (Phi) is 6.01. The number of rotatable bonds is 6. The van der Waals surface area contributed by atoms with Crippen molar-refractivity contribution in [3.8, 4) is 5.75 Å². The van der Waals surface area contributed by atoms with E-state index in [-0.39, 0.29) is 17.6 Å². The molecule has 0 saturated heterocycles. The second kappa shape index (κ2) is 8.81. The molecule has 142 valence electrons. The number of hydrogen-bond donors (Lipinski definition) is 2. The van der Waals surface area contributed by atoms with E-state index in [1.807, 2.05) is 24.3 Å². The summed E-state index contributed by atoms with van der Waals surface area (Å²) in [5.74, 6) is -0.299. The van der Waals surface area contributed by atoms with Crippen molar-refractivity contribution in [1.29, 1.82) is 0 Å². The van der Waals surface area contributed by atoms with Crippen LogP contribution in [-0.2, 0) is 6.54 Å². The SMILES string of the molecule is COc1ccc(CNC(=O)c2cccc(C(=O)Nc3ccc(F)cc3)c2)cc1. The summed E-state index contributed by atoms with van der Waals surface area (Å²) in [4.78, 5) is 24.8. The van der Waals surface area contributed by atoms with Crippen molar-refractivity contribution in [1.82, 2.24) is 5.32 Å². The van der Waals surface area contributed by atoms with E-state index >= 15 is 0 Å². The van der Waals surface area contributed by atoms with Crippen molar-refractivity contribution in [2.45, 2.75) is 6.54 Å². The van der Waals surface area contributed by atoms with Gasteiger partial charge in [0, 0.05) is 23.4 Å².